The molecule has 12 nitrogen and oxygen atoms in total. The van der Waals surface area contributed by atoms with Crippen LogP contribution in [-0.2, 0) is 11.2 Å². The maximum absolute atomic E-state index is 13.4. The standard InChI is InChI=1S/C27H40N6O6/c1-15(2)28-27(37)32(7)13-23-16(3)12-33(17(4)14-34)24(35)11-20-10-21(8-9-22(20)38-23)29-26(36)30-25-18(5)31-39-19(25)6/h8-10,15-17,23,34H,11-14H2,1-7H3,(H,28,37)(H2,29,30,36)/t16-,17-,23+/m1/s1. The van der Waals surface area contributed by atoms with Gasteiger partial charge in [-0.2, -0.15) is 0 Å². The third-order valence-corrected chi connectivity index (χ3v) is 6.66. The smallest absolute Gasteiger partial charge is 0.323 e. The number of carbonyl (C=O) groups excluding carboxylic acids is 3. The summed E-state index contributed by atoms with van der Waals surface area (Å²) in [5.74, 6) is 0.661. The Morgan fingerprint density at radius 3 is 2.56 bits per heavy atom. The molecule has 0 fully saturated rings. The van der Waals surface area contributed by atoms with Crippen molar-refractivity contribution in [3.8, 4) is 5.75 Å². The Morgan fingerprint density at radius 2 is 1.95 bits per heavy atom. The second kappa shape index (κ2) is 12.8. The van der Waals surface area contributed by atoms with E-state index in [4.69, 9.17) is 9.26 Å². The molecular weight excluding hydrogens is 504 g/mol. The number of hydrogen-bond donors (Lipinski definition) is 4. The van der Waals surface area contributed by atoms with E-state index in [1.807, 2.05) is 20.8 Å². The highest BCUT2D eigenvalue weighted by molar-refractivity contribution is 6.00. The van der Waals surface area contributed by atoms with Crippen molar-refractivity contribution >= 4 is 29.3 Å². The van der Waals surface area contributed by atoms with Gasteiger partial charge >= 0.3 is 12.1 Å². The van der Waals surface area contributed by atoms with Crippen molar-refractivity contribution in [2.45, 2.75) is 66.2 Å². The number of aliphatic hydroxyl groups excluding tert-OH is 1. The first-order chi connectivity index (χ1) is 18.4. The second-order valence-corrected chi connectivity index (χ2v) is 10.5. The van der Waals surface area contributed by atoms with Crippen molar-refractivity contribution in [1.82, 2.24) is 20.3 Å². The first-order valence-electron chi connectivity index (χ1n) is 13.1. The fraction of sp³-hybridized carbons (Fsp3) is 0.556. The predicted molar refractivity (Wildman–Crippen MR) is 147 cm³/mol. The SMILES string of the molecule is Cc1noc(C)c1NC(=O)Nc1ccc2c(c1)CC(=O)N([C@H](C)CO)C[C@@H](C)[C@H](CN(C)C(=O)NC(C)C)O2. The maximum atomic E-state index is 13.4. The highest BCUT2D eigenvalue weighted by Gasteiger charge is 2.32. The van der Waals surface area contributed by atoms with E-state index in [0.717, 1.165) is 0 Å². The molecule has 0 spiro atoms. The summed E-state index contributed by atoms with van der Waals surface area (Å²) >= 11 is 0. The Hall–Kier alpha value is -3.80. The number of fused-ring (bicyclic) bond motifs is 1. The van der Waals surface area contributed by atoms with Gasteiger partial charge < -0.3 is 40.1 Å². The minimum atomic E-state index is -0.487. The van der Waals surface area contributed by atoms with Crippen molar-refractivity contribution < 1.29 is 28.8 Å². The number of aliphatic hydroxyl groups is 1. The van der Waals surface area contributed by atoms with E-state index in [1.165, 1.54) is 0 Å². The van der Waals surface area contributed by atoms with Crippen LogP contribution in [0.3, 0.4) is 0 Å². The molecule has 1 aliphatic rings. The third kappa shape index (κ3) is 7.62. The van der Waals surface area contributed by atoms with E-state index in [0.29, 0.717) is 40.7 Å². The Morgan fingerprint density at radius 1 is 1.23 bits per heavy atom. The third-order valence-electron chi connectivity index (χ3n) is 6.66. The van der Waals surface area contributed by atoms with Gasteiger partial charge in [0.15, 0.2) is 5.76 Å². The lowest BCUT2D eigenvalue weighted by Gasteiger charge is -2.34. The van der Waals surface area contributed by atoms with Gasteiger partial charge in [-0.05, 0) is 52.8 Å². The normalized spacial score (nSPS) is 18.3. The number of rotatable bonds is 7. The Labute approximate surface area is 229 Å². The van der Waals surface area contributed by atoms with Crippen LogP contribution in [0.2, 0.25) is 0 Å². The largest absolute Gasteiger partial charge is 0.488 e. The lowest BCUT2D eigenvalue weighted by atomic mass is 10.0. The summed E-state index contributed by atoms with van der Waals surface area (Å²) in [4.78, 5) is 41.8. The summed E-state index contributed by atoms with van der Waals surface area (Å²) in [6.07, 6.45) is -0.420. The molecule has 3 atom stereocenters. The molecule has 0 bridgehead atoms. The molecule has 5 amide bonds. The number of urea groups is 2. The summed E-state index contributed by atoms with van der Waals surface area (Å²) in [6.45, 7) is 11.4. The maximum Gasteiger partial charge on any atom is 0.323 e. The molecule has 3 rings (SSSR count). The van der Waals surface area contributed by atoms with Crippen LogP contribution in [0, 0.1) is 19.8 Å². The van der Waals surface area contributed by atoms with Crippen LogP contribution in [-0.4, -0.2) is 83.0 Å². The Balaban J connectivity index is 1.88. The number of nitrogens with one attached hydrogen (secondary N) is 3. The van der Waals surface area contributed by atoms with Gasteiger partial charge in [0, 0.05) is 36.8 Å². The van der Waals surface area contributed by atoms with Gasteiger partial charge in [0.05, 0.1) is 25.6 Å². The van der Waals surface area contributed by atoms with E-state index in [-0.39, 0.29) is 43.5 Å². The number of likely N-dealkylation sites (N-methyl/N-ethyl adjacent to an activating group) is 1. The average molecular weight is 545 g/mol. The van der Waals surface area contributed by atoms with E-state index in [2.05, 4.69) is 21.1 Å². The zero-order chi connectivity index (χ0) is 28.9. The van der Waals surface area contributed by atoms with E-state index < -0.39 is 18.2 Å². The number of carbonyl (C=O) groups is 3. The van der Waals surface area contributed by atoms with Gasteiger partial charge in [0.2, 0.25) is 5.91 Å². The summed E-state index contributed by atoms with van der Waals surface area (Å²) in [5.41, 5.74) is 2.10. The topological polar surface area (TPSA) is 149 Å². The van der Waals surface area contributed by atoms with E-state index >= 15 is 0 Å². The lowest BCUT2D eigenvalue weighted by molar-refractivity contribution is -0.134. The summed E-state index contributed by atoms with van der Waals surface area (Å²) in [5, 5.41) is 22.0. The highest BCUT2D eigenvalue weighted by atomic mass is 16.5. The minimum absolute atomic E-state index is 0.0150. The summed E-state index contributed by atoms with van der Waals surface area (Å²) in [7, 11) is 1.70. The Bertz CT molecular complexity index is 1160. The molecule has 2 heterocycles. The summed E-state index contributed by atoms with van der Waals surface area (Å²) < 4.78 is 11.5. The summed E-state index contributed by atoms with van der Waals surface area (Å²) in [6, 6.07) is 3.99. The minimum Gasteiger partial charge on any atom is -0.488 e. The number of aryl methyl sites for hydroxylation is 2. The lowest BCUT2D eigenvalue weighted by Crippen LogP contribution is -2.49. The zero-order valence-electron chi connectivity index (χ0n) is 23.7. The number of amides is 5. The van der Waals surface area contributed by atoms with Crippen molar-refractivity contribution in [1.29, 1.82) is 0 Å². The van der Waals surface area contributed by atoms with Gasteiger partial charge in [0.25, 0.3) is 0 Å². The van der Waals surface area contributed by atoms with Crippen molar-refractivity contribution in [2.24, 2.45) is 5.92 Å². The van der Waals surface area contributed by atoms with Gasteiger partial charge in [-0.15, -0.1) is 0 Å². The molecule has 0 saturated heterocycles. The van der Waals surface area contributed by atoms with Crippen LogP contribution < -0.4 is 20.7 Å². The quantitative estimate of drug-likeness (QED) is 0.418. The number of ether oxygens (including phenoxy) is 1. The molecule has 39 heavy (non-hydrogen) atoms. The molecule has 12 heteroatoms. The van der Waals surface area contributed by atoms with Crippen LogP contribution in [0.15, 0.2) is 22.7 Å². The van der Waals surface area contributed by atoms with Crippen LogP contribution in [0.1, 0.15) is 44.7 Å². The first-order valence-corrected chi connectivity index (χ1v) is 13.1. The van der Waals surface area contributed by atoms with Crippen LogP contribution in [0.4, 0.5) is 21.0 Å². The van der Waals surface area contributed by atoms with Gasteiger partial charge in [-0.3, -0.25) is 4.79 Å². The van der Waals surface area contributed by atoms with Gasteiger partial charge in [0.1, 0.15) is 23.2 Å². The van der Waals surface area contributed by atoms with Gasteiger partial charge in [-0.25, -0.2) is 9.59 Å². The predicted octanol–water partition coefficient (Wildman–Crippen LogP) is 3.13. The number of benzene rings is 1. The fourth-order valence-electron chi connectivity index (χ4n) is 4.37. The molecule has 0 saturated carbocycles. The first kappa shape index (κ1) is 29.8. The van der Waals surface area contributed by atoms with Gasteiger partial charge in [-0.1, -0.05) is 12.1 Å². The highest BCUT2D eigenvalue weighted by Crippen LogP contribution is 2.29. The Kier molecular flexibility index (Phi) is 9.79. The second-order valence-electron chi connectivity index (χ2n) is 10.5. The van der Waals surface area contributed by atoms with Crippen molar-refractivity contribution in [3.63, 3.8) is 0 Å². The zero-order valence-corrected chi connectivity index (χ0v) is 23.7. The number of anilines is 2. The molecule has 0 unspecified atom stereocenters. The van der Waals surface area contributed by atoms with E-state index in [9.17, 15) is 19.5 Å². The molecule has 2 aromatic rings. The van der Waals surface area contributed by atoms with Crippen molar-refractivity contribution in [2.75, 3.05) is 37.4 Å². The number of aromatic nitrogens is 1. The molecule has 214 valence electrons. The number of nitrogens with zero attached hydrogens (tertiary/aromatic N) is 3. The molecule has 0 radical (unpaired) electrons. The molecule has 1 aliphatic heterocycles. The average Bonchev–Trinajstić information content (AvgIpc) is 3.20. The number of hydrogen-bond acceptors (Lipinski definition) is 7. The molecule has 4 N–H and O–H groups in total. The van der Waals surface area contributed by atoms with E-state index in [1.54, 1.807) is 55.8 Å². The molecule has 0 aliphatic carbocycles. The van der Waals surface area contributed by atoms with Crippen LogP contribution in [0.25, 0.3) is 0 Å². The van der Waals surface area contributed by atoms with Crippen LogP contribution in [0.5, 0.6) is 5.75 Å². The van der Waals surface area contributed by atoms with Crippen LogP contribution >= 0.6 is 0 Å². The van der Waals surface area contributed by atoms with Crippen molar-refractivity contribution in [3.05, 3.63) is 35.2 Å². The monoisotopic (exact) mass is 544 g/mol. The molecule has 1 aromatic carbocycles. The molecular formula is C27H40N6O6. The fourth-order valence-corrected chi connectivity index (χ4v) is 4.37. The molecule has 1 aromatic heterocycles.